The van der Waals surface area contributed by atoms with Gasteiger partial charge in [-0.1, -0.05) is 6.92 Å². The zero-order valence-corrected chi connectivity index (χ0v) is 8.19. The zero-order chi connectivity index (χ0) is 9.68. The highest BCUT2D eigenvalue weighted by atomic mass is 16.5. The lowest BCUT2D eigenvalue weighted by Gasteiger charge is -2.20. The molecule has 2 atom stereocenters. The van der Waals surface area contributed by atoms with E-state index in [1.54, 1.807) is 19.6 Å². The van der Waals surface area contributed by atoms with Crippen molar-refractivity contribution in [2.75, 3.05) is 7.11 Å². The summed E-state index contributed by atoms with van der Waals surface area (Å²) in [5, 5.41) is 0. The topological polar surface area (TPSA) is 48.4 Å². The molecule has 0 bridgehead atoms. The molecule has 0 fully saturated rings. The molecule has 0 aliphatic carbocycles. The second-order valence-electron chi connectivity index (χ2n) is 3.18. The first-order chi connectivity index (χ1) is 6.27. The van der Waals surface area contributed by atoms with Gasteiger partial charge in [-0.25, -0.2) is 0 Å². The molecule has 0 spiro atoms. The minimum Gasteiger partial charge on any atom is -0.472 e. The zero-order valence-electron chi connectivity index (χ0n) is 8.19. The maximum Gasteiger partial charge on any atom is 0.0935 e. The van der Waals surface area contributed by atoms with Crippen molar-refractivity contribution < 1.29 is 9.15 Å². The van der Waals surface area contributed by atoms with Gasteiger partial charge >= 0.3 is 0 Å². The Balaban J connectivity index is 2.44. The van der Waals surface area contributed by atoms with Crippen LogP contribution >= 0.6 is 0 Å². The average molecular weight is 183 g/mol. The minimum absolute atomic E-state index is 0.0487. The van der Waals surface area contributed by atoms with E-state index in [4.69, 9.17) is 14.9 Å². The summed E-state index contributed by atoms with van der Waals surface area (Å²) in [5.74, 6) is 0. The van der Waals surface area contributed by atoms with Crippen LogP contribution in [0.15, 0.2) is 23.0 Å². The van der Waals surface area contributed by atoms with E-state index >= 15 is 0 Å². The number of hydrogen-bond acceptors (Lipinski definition) is 3. The maximum absolute atomic E-state index is 5.96. The first kappa shape index (κ1) is 10.3. The Morgan fingerprint density at radius 1 is 1.62 bits per heavy atom. The first-order valence-corrected chi connectivity index (χ1v) is 4.57. The van der Waals surface area contributed by atoms with Gasteiger partial charge in [0.1, 0.15) is 0 Å². The maximum atomic E-state index is 5.96. The van der Waals surface area contributed by atoms with Crippen LogP contribution in [0, 0.1) is 0 Å². The van der Waals surface area contributed by atoms with Crippen LogP contribution in [0.25, 0.3) is 0 Å². The van der Waals surface area contributed by atoms with Crippen molar-refractivity contribution in [3.63, 3.8) is 0 Å². The number of hydrogen-bond donors (Lipinski definition) is 1. The summed E-state index contributed by atoms with van der Waals surface area (Å²) in [6.45, 7) is 2.07. The smallest absolute Gasteiger partial charge is 0.0935 e. The summed E-state index contributed by atoms with van der Waals surface area (Å²) in [4.78, 5) is 0. The van der Waals surface area contributed by atoms with E-state index in [-0.39, 0.29) is 12.1 Å². The lowest BCUT2D eigenvalue weighted by Crippen LogP contribution is -2.37. The first-order valence-electron chi connectivity index (χ1n) is 4.57. The molecule has 0 aromatic carbocycles. The number of ether oxygens (including phenoxy) is 1. The number of furan rings is 1. The Hall–Kier alpha value is -0.800. The minimum atomic E-state index is 0.0487. The SMILES string of the molecule is CCC(OC)C(N)Cc1ccoc1. The standard InChI is InChI=1S/C10H17NO2/c1-3-10(12-2)9(11)6-8-4-5-13-7-8/h4-5,7,9-10H,3,6,11H2,1-2H3. The van der Waals surface area contributed by atoms with E-state index < -0.39 is 0 Å². The molecule has 3 heteroatoms. The summed E-state index contributed by atoms with van der Waals surface area (Å²) < 4.78 is 10.2. The van der Waals surface area contributed by atoms with Gasteiger partial charge in [0.25, 0.3) is 0 Å². The van der Waals surface area contributed by atoms with E-state index in [0.29, 0.717) is 0 Å². The highest BCUT2D eigenvalue weighted by molar-refractivity contribution is 5.07. The van der Waals surface area contributed by atoms with E-state index in [0.717, 1.165) is 18.4 Å². The van der Waals surface area contributed by atoms with Crippen LogP contribution in [0.2, 0.25) is 0 Å². The number of methoxy groups -OCH3 is 1. The van der Waals surface area contributed by atoms with Gasteiger partial charge < -0.3 is 14.9 Å². The molecule has 0 aliphatic rings. The molecule has 1 aromatic heterocycles. The highest BCUT2D eigenvalue weighted by Gasteiger charge is 2.15. The molecule has 0 aliphatic heterocycles. The third-order valence-electron chi connectivity index (χ3n) is 2.23. The van der Waals surface area contributed by atoms with Gasteiger partial charge in [0.15, 0.2) is 0 Å². The van der Waals surface area contributed by atoms with Crippen molar-refractivity contribution in [1.29, 1.82) is 0 Å². The van der Waals surface area contributed by atoms with Crippen molar-refractivity contribution in [1.82, 2.24) is 0 Å². The third-order valence-corrected chi connectivity index (χ3v) is 2.23. The fraction of sp³-hybridized carbons (Fsp3) is 0.600. The second-order valence-corrected chi connectivity index (χ2v) is 3.18. The summed E-state index contributed by atoms with van der Waals surface area (Å²) >= 11 is 0. The summed E-state index contributed by atoms with van der Waals surface area (Å²) in [6.07, 6.45) is 5.27. The fourth-order valence-electron chi connectivity index (χ4n) is 1.46. The molecule has 3 nitrogen and oxygen atoms in total. The predicted molar refractivity (Wildman–Crippen MR) is 51.5 cm³/mol. The van der Waals surface area contributed by atoms with Crippen molar-refractivity contribution in [3.8, 4) is 0 Å². The predicted octanol–water partition coefficient (Wildman–Crippen LogP) is 1.57. The second kappa shape index (κ2) is 5.04. The monoisotopic (exact) mass is 183 g/mol. The van der Waals surface area contributed by atoms with Crippen LogP contribution in [0.3, 0.4) is 0 Å². The molecule has 1 heterocycles. The van der Waals surface area contributed by atoms with Crippen molar-refractivity contribution in [2.24, 2.45) is 5.73 Å². The Bertz CT molecular complexity index is 217. The molecule has 0 radical (unpaired) electrons. The van der Waals surface area contributed by atoms with Gasteiger partial charge in [-0.2, -0.15) is 0 Å². The van der Waals surface area contributed by atoms with E-state index in [1.165, 1.54) is 0 Å². The summed E-state index contributed by atoms with van der Waals surface area (Å²) in [6, 6.07) is 1.98. The number of nitrogens with two attached hydrogens (primary N) is 1. The van der Waals surface area contributed by atoms with Gasteiger partial charge in [0.05, 0.1) is 18.6 Å². The molecule has 0 saturated carbocycles. The van der Waals surface area contributed by atoms with Crippen molar-refractivity contribution >= 4 is 0 Å². The molecule has 1 aromatic rings. The van der Waals surface area contributed by atoms with E-state index in [2.05, 4.69) is 6.92 Å². The lowest BCUT2D eigenvalue weighted by atomic mass is 10.0. The lowest BCUT2D eigenvalue weighted by molar-refractivity contribution is 0.0773. The van der Waals surface area contributed by atoms with Crippen molar-refractivity contribution in [2.45, 2.75) is 31.9 Å². The largest absolute Gasteiger partial charge is 0.472 e. The van der Waals surface area contributed by atoms with Gasteiger partial charge in [-0.15, -0.1) is 0 Å². The summed E-state index contributed by atoms with van der Waals surface area (Å²) in [7, 11) is 1.70. The van der Waals surface area contributed by atoms with Gasteiger partial charge in [0, 0.05) is 13.2 Å². The van der Waals surface area contributed by atoms with Crippen molar-refractivity contribution in [3.05, 3.63) is 24.2 Å². The van der Waals surface area contributed by atoms with Crippen LogP contribution in [0.1, 0.15) is 18.9 Å². The van der Waals surface area contributed by atoms with Crippen LogP contribution in [0.5, 0.6) is 0 Å². The van der Waals surface area contributed by atoms with Crippen LogP contribution in [-0.2, 0) is 11.2 Å². The van der Waals surface area contributed by atoms with Crippen LogP contribution in [-0.4, -0.2) is 19.3 Å². The molecule has 74 valence electrons. The quantitative estimate of drug-likeness (QED) is 0.753. The van der Waals surface area contributed by atoms with E-state index in [1.807, 2.05) is 6.07 Å². The molecule has 13 heavy (non-hydrogen) atoms. The Kier molecular flexibility index (Phi) is 3.99. The molecular formula is C10H17NO2. The Morgan fingerprint density at radius 2 is 2.38 bits per heavy atom. The molecule has 2 unspecified atom stereocenters. The van der Waals surface area contributed by atoms with Gasteiger partial charge in [-0.05, 0) is 24.5 Å². The highest BCUT2D eigenvalue weighted by Crippen LogP contribution is 2.09. The summed E-state index contributed by atoms with van der Waals surface area (Å²) in [5.41, 5.74) is 7.09. The van der Waals surface area contributed by atoms with Crippen LogP contribution < -0.4 is 5.73 Å². The molecule has 1 rings (SSSR count). The number of rotatable bonds is 5. The average Bonchev–Trinajstić information content (AvgIpc) is 2.59. The Labute approximate surface area is 78.9 Å². The molecule has 0 saturated heterocycles. The Morgan fingerprint density at radius 3 is 2.85 bits per heavy atom. The molecule has 2 N–H and O–H groups in total. The fourth-order valence-corrected chi connectivity index (χ4v) is 1.46. The normalized spacial score (nSPS) is 15.6. The van der Waals surface area contributed by atoms with Crippen LogP contribution in [0.4, 0.5) is 0 Å². The molecule has 0 amide bonds. The molecular weight excluding hydrogens is 166 g/mol. The van der Waals surface area contributed by atoms with Gasteiger partial charge in [-0.3, -0.25) is 0 Å². The third kappa shape index (κ3) is 2.86. The van der Waals surface area contributed by atoms with Gasteiger partial charge in [0.2, 0.25) is 0 Å². The van der Waals surface area contributed by atoms with E-state index in [9.17, 15) is 0 Å².